The van der Waals surface area contributed by atoms with Crippen LogP contribution in [0, 0.1) is 0 Å². The predicted molar refractivity (Wildman–Crippen MR) is 114 cm³/mol. The lowest BCUT2D eigenvalue weighted by molar-refractivity contribution is -0.119. The summed E-state index contributed by atoms with van der Waals surface area (Å²) in [7, 11) is 0. The standard InChI is InChI=1S/C21H31N3O2S/c1-2-3-4-8-11-19(25)24-21(27)23-18-14-12-16(13-15-18)20(26)22-17-9-6-5-7-10-17/h12-15,17H,2-11H2,1H3,(H,22,26)(H2,23,24,25,27). The molecular weight excluding hydrogens is 358 g/mol. The Morgan fingerprint density at radius 2 is 1.74 bits per heavy atom. The van der Waals surface area contributed by atoms with Crippen molar-refractivity contribution in [3.8, 4) is 0 Å². The molecule has 3 N–H and O–H groups in total. The Labute approximate surface area is 167 Å². The first-order chi connectivity index (χ1) is 13.1. The van der Waals surface area contributed by atoms with Crippen molar-refractivity contribution in [3.63, 3.8) is 0 Å². The Morgan fingerprint density at radius 3 is 2.41 bits per heavy atom. The quantitative estimate of drug-likeness (QED) is 0.451. The van der Waals surface area contributed by atoms with E-state index in [1.54, 1.807) is 24.3 Å². The molecule has 1 aromatic rings. The summed E-state index contributed by atoms with van der Waals surface area (Å²) in [4.78, 5) is 24.2. The third-order valence-corrected chi connectivity index (χ3v) is 5.06. The van der Waals surface area contributed by atoms with Crippen LogP contribution in [-0.4, -0.2) is 23.0 Å². The number of rotatable bonds is 8. The molecule has 1 aromatic carbocycles. The topological polar surface area (TPSA) is 70.2 Å². The van der Waals surface area contributed by atoms with Gasteiger partial charge in [-0.1, -0.05) is 45.4 Å². The van der Waals surface area contributed by atoms with Crippen LogP contribution < -0.4 is 16.0 Å². The molecule has 0 aliphatic heterocycles. The highest BCUT2D eigenvalue weighted by molar-refractivity contribution is 7.80. The van der Waals surface area contributed by atoms with Gasteiger partial charge in [-0.25, -0.2) is 0 Å². The SMILES string of the molecule is CCCCCCC(=O)NC(=S)Nc1ccc(C(=O)NC2CCCCC2)cc1. The molecule has 0 unspecified atom stereocenters. The molecule has 0 heterocycles. The van der Waals surface area contributed by atoms with Gasteiger partial charge in [0.25, 0.3) is 5.91 Å². The number of carbonyl (C=O) groups excluding carboxylic acids is 2. The van der Waals surface area contributed by atoms with E-state index in [0.717, 1.165) is 44.2 Å². The first-order valence-electron chi connectivity index (χ1n) is 10.1. The molecule has 5 nitrogen and oxygen atoms in total. The van der Waals surface area contributed by atoms with Crippen molar-refractivity contribution in [3.05, 3.63) is 29.8 Å². The van der Waals surface area contributed by atoms with Crippen LogP contribution in [0.15, 0.2) is 24.3 Å². The van der Waals surface area contributed by atoms with E-state index < -0.39 is 0 Å². The van der Waals surface area contributed by atoms with Crippen LogP contribution in [0.5, 0.6) is 0 Å². The number of thiocarbonyl (C=S) groups is 1. The van der Waals surface area contributed by atoms with Gasteiger partial charge < -0.3 is 16.0 Å². The maximum Gasteiger partial charge on any atom is 0.251 e. The van der Waals surface area contributed by atoms with Gasteiger partial charge in [0.05, 0.1) is 0 Å². The van der Waals surface area contributed by atoms with Crippen molar-refractivity contribution < 1.29 is 9.59 Å². The maximum absolute atomic E-state index is 12.3. The number of amides is 2. The van der Waals surface area contributed by atoms with E-state index in [2.05, 4.69) is 22.9 Å². The van der Waals surface area contributed by atoms with Gasteiger partial charge in [-0.15, -0.1) is 0 Å². The number of unbranched alkanes of at least 4 members (excludes halogenated alkanes) is 3. The van der Waals surface area contributed by atoms with E-state index in [-0.39, 0.29) is 16.9 Å². The molecule has 1 aliphatic rings. The summed E-state index contributed by atoms with van der Waals surface area (Å²) in [5.41, 5.74) is 1.39. The monoisotopic (exact) mass is 389 g/mol. The molecule has 0 bridgehead atoms. The average Bonchev–Trinajstić information content (AvgIpc) is 2.66. The number of nitrogens with one attached hydrogen (secondary N) is 3. The zero-order valence-electron chi connectivity index (χ0n) is 16.2. The van der Waals surface area contributed by atoms with Crippen molar-refractivity contribution in [2.24, 2.45) is 0 Å². The zero-order chi connectivity index (χ0) is 19.5. The predicted octanol–water partition coefficient (Wildman–Crippen LogP) is 4.53. The van der Waals surface area contributed by atoms with Gasteiger partial charge in [0, 0.05) is 23.7 Å². The van der Waals surface area contributed by atoms with Gasteiger partial charge >= 0.3 is 0 Å². The number of benzene rings is 1. The van der Waals surface area contributed by atoms with Gasteiger partial charge in [-0.2, -0.15) is 0 Å². The summed E-state index contributed by atoms with van der Waals surface area (Å²) >= 11 is 5.18. The molecule has 2 amide bonds. The molecule has 2 rings (SSSR count). The fourth-order valence-electron chi connectivity index (χ4n) is 3.28. The van der Waals surface area contributed by atoms with Crippen LogP contribution in [0.25, 0.3) is 0 Å². The van der Waals surface area contributed by atoms with Gasteiger partial charge in [0.1, 0.15) is 0 Å². The molecule has 0 spiro atoms. The number of hydrogen-bond acceptors (Lipinski definition) is 3. The lowest BCUT2D eigenvalue weighted by Gasteiger charge is -2.22. The molecule has 148 valence electrons. The van der Waals surface area contributed by atoms with E-state index in [1.165, 1.54) is 19.3 Å². The highest BCUT2D eigenvalue weighted by Gasteiger charge is 2.16. The first kappa shape index (κ1) is 21.4. The summed E-state index contributed by atoms with van der Waals surface area (Å²) in [5, 5.41) is 9.08. The van der Waals surface area contributed by atoms with Gasteiger partial charge in [-0.3, -0.25) is 9.59 Å². The normalized spacial score (nSPS) is 14.4. The molecule has 6 heteroatoms. The van der Waals surface area contributed by atoms with E-state index >= 15 is 0 Å². The number of anilines is 1. The Hall–Kier alpha value is -1.95. The summed E-state index contributed by atoms with van der Waals surface area (Å²) in [6.07, 6.45) is 10.5. The van der Waals surface area contributed by atoms with Crippen LogP contribution >= 0.6 is 12.2 Å². The number of carbonyl (C=O) groups is 2. The minimum absolute atomic E-state index is 0.0311. The number of hydrogen-bond donors (Lipinski definition) is 3. The molecule has 1 aliphatic carbocycles. The Morgan fingerprint density at radius 1 is 1.04 bits per heavy atom. The summed E-state index contributed by atoms with van der Waals surface area (Å²) in [6, 6.07) is 7.44. The van der Waals surface area contributed by atoms with E-state index in [0.29, 0.717) is 18.0 Å². The lowest BCUT2D eigenvalue weighted by Crippen LogP contribution is -2.36. The van der Waals surface area contributed by atoms with Gasteiger partial charge in [0.2, 0.25) is 5.91 Å². The van der Waals surface area contributed by atoms with Crippen molar-refractivity contribution in [1.29, 1.82) is 0 Å². The molecule has 27 heavy (non-hydrogen) atoms. The highest BCUT2D eigenvalue weighted by Crippen LogP contribution is 2.18. The minimum Gasteiger partial charge on any atom is -0.349 e. The van der Waals surface area contributed by atoms with Crippen molar-refractivity contribution in [2.75, 3.05) is 5.32 Å². The fraction of sp³-hybridized carbons (Fsp3) is 0.571. The Kier molecular flexibility index (Phi) is 9.25. The molecule has 1 saturated carbocycles. The Bertz CT molecular complexity index is 625. The summed E-state index contributed by atoms with van der Waals surface area (Å²) in [6.45, 7) is 2.14. The molecular formula is C21H31N3O2S. The van der Waals surface area contributed by atoms with Crippen LogP contribution in [0.1, 0.15) is 81.5 Å². The zero-order valence-corrected chi connectivity index (χ0v) is 17.0. The summed E-state index contributed by atoms with van der Waals surface area (Å²) < 4.78 is 0. The van der Waals surface area contributed by atoms with Gasteiger partial charge in [0.15, 0.2) is 5.11 Å². The summed E-state index contributed by atoms with van der Waals surface area (Å²) in [5.74, 6) is -0.0940. The van der Waals surface area contributed by atoms with E-state index in [1.807, 2.05) is 0 Å². The second-order valence-electron chi connectivity index (χ2n) is 7.20. The minimum atomic E-state index is -0.0629. The largest absolute Gasteiger partial charge is 0.349 e. The van der Waals surface area contributed by atoms with Crippen molar-refractivity contribution in [1.82, 2.24) is 10.6 Å². The molecule has 1 fully saturated rings. The molecule has 0 radical (unpaired) electrons. The molecule has 0 atom stereocenters. The molecule has 0 saturated heterocycles. The van der Waals surface area contributed by atoms with Crippen LogP contribution in [0.4, 0.5) is 5.69 Å². The second kappa shape index (κ2) is 11.7. The van der Waals surface area contributed by atoms with E-state index in [4.69, 9.17) is 12.2 Å². The molecule has 0 aromatic heterocycles. The van der Waals surface area contributed by atoms with Crippen LogP contribution in [0.3, 0.4) is 0 Å². The third-order valence-electron chi connectivity index (χ3n) is 4.86. The van der Waals surface area contributed by atoms with Crippen molar-refractivity contribution in [2.45, 2.75) is 77.2 Å². The van der Waals surface area contributed by atoms with Crippen molar-refractivity contribution >= 4 is 34.8 Å². The lowest BCUT2D eigenvalue weighted by atomic mass is 9.95. The smallest absolute Gasteiger partial charge is 0.251 e. The van der Waals surface area contributed by atoms with Crippen LogP contribution in [-0.2, 0) is 4.79 Å². The highest BCUT2D eigenvalue weighted by atomic mass is 32.1. The van der Waals surface area contributed by atoms with Crippen LogP contribution in [0.2, 0.25) is 0 Å². The Balaban J connectivity index is 1.74. The maximum atomic E-state index is 12.3. The fourth-order valence-corrected chi connectivity index (χ4v) is 3.52. The second-order valence-corrected chi connectivity index (χ2v) is 7.61. The van der Waals surface area contributed by atoms with E-state index in [9.17, 15) is 9.59 Å². The first-order valence-corrected chi connectivity index (χ1v) is 10.5. The third kappa shape index (κ3) is 8.08. The average molecular weight is 390 g/mol. The van der Waals surface area contributed by atoms with Gasteiger partial charge in [-0.05, 0) is 55.7 Å².